The van der Waals surface area contributed by atoms with Gasteiger partial charge in [0.1, 0.15) is 49.2 Å². The van der Waals surface area contributed by atoms with E-state index in [4.69, 9.17) is 36.3 Å². The number of aldehydes is 1. The van der Waals surface area contributed by atoms with Crippen LogP contribution in [0.25, 0.3) is 11.1 Å². The van der Waals surface area contributed by atoms with Gasteiger partial charge >= 0.3 is 0 Å². The fourth-order valence-electron chi connectivity index (χ4n) is 4.52. The van der Waals surface area contributed by atoms with Gasteiger partial charge in [0.15, 0.2) is 6.29 Å². The van der Waals surface area contributed by atoms with Crippen LogP contribution >= 0.6 is 11.6 Å². The number of nitrogens with zero attached hydrogens (tertiary/aromatic N) is 4. The van der Waals surface area contributed by atoms with Gasteiger partial charge in [-0.25, -0.2) is 0 Å². The molecule has 0 aliphatic rings. The molecule has 5 rings (SSSR count). The highest BCUT2D eigenvalue weighted by Gasteiger charge is 2.14. The lowest BCUT2D eigenvalue weighted by atomic mass is 9.96. The number of hydrogen-bond acceptors (Lipinski definition) is 8. The smallest absolute Gasteiger partial charge is 0.153 e. The number of benzene rings is 3. The molecule has 3 aromatic carbocycles. The van der Waals surface area contributed by atoms with Gasteiger partial charge in [-0.1, -0.05) is 41.9 Å². The molecule has 0 saturated carbocycles. The first-order chi connectivity index (χ1) is 21.5. The van der Waals surface area contributed by atoms with Crippen molar-refractivity contribution in [2.45, 2.75) is 26.7 Å². The summed E-state index contributed by atoms with van der Waals surface area (Å²) >= 11 is 6.46. The highest BCUT2D eigenvalue weighted by atomic mass is 35.5. The average molecular weight is 601 g/mol. The van der Waals surface area contributed by atoms with Crippen molar-refractivity contribution in [3.05, 3.63) is 135 Å². The van der Waals surface area contributed by atoms with E-state index in [-0.39, 0.29) is 30.4 Å². The maximum atomic E-state index is 11.7. The Morgan fingerprint density at radius 3 is 2.11 bits per heavy atom. The van der Waals surface area contributed by atoms with Gasteiger partial charge in [0.05, 0.1) is 21.7 Å². The summed E-state index contributed by atoms with van der Waals surface area (Å²) in [5, 5.41) is 18.5. The van der Waals surface area contributed by atoms with Crippen molar-refractivity contribution in [1.82, 2.24) is 9.97 Å². The number of pyridine rings is 2. The lowest BCUT2D eigenvalue weighted by Crippen LogP contribution is -2.03. The second-order valence-electron chi connectivity index (χ2n) is 9.81. The molecular formula is C35H25ClN4O4. The SMILES string of the molecule is Cc1c(COc2cc(OCc3cncc(C#N)c3)c(C=O)cc2Cl)cccc1-c1cccc(OCc2cncc(C#N)c2)c1. The average Bonchev–Trinajstić information content (AvgIpc) is 3.06. The quantitative estimate of drug-likeness (QED) is 0.144. The van der Waals surface area contributed by atoms with Crippen LogP contribution in [0.15, 0.2) is 91.5 Å². The Labute approximate surface area is 259 Å². The fraction of sp³-hybridized carbons (Fsp3) is 0.114. The molecule has 0 unspecified atom stereocenters. The van der Waals surface area contributed by atoms with E-state index < -0.39 is 0 Å². The van der Waals surface area contributed by atoms with Crippen molar-refractivity contribution >= 4 is 17.9 Å². The van der Waals surface area contributed by atoms with Gasteiger partial charge in [-0.05, 0) is 59.5 Å². The van der Waals surface area contributed by atoms with E-state index in [0.29, 0.717) is 40.2 Å². The van der Waals surface area contributed by atoms with Gasteiger partial charge in [-0.3, -0.25) is 14.8 Å². The first-order valence-electron chi connectivity index (χ1n) is 13.5. The summed E-state index contributed by atoms with van der Waals surface area (Å²) in [6.45, 7) is 2.65. The molecule has 0 radical (unpaired) electrons. The first-order valence-corrected chi connectivity index (χ1v) is 13.9. The maximum absolute atomic E-state index is 11.7. The van der Waals surface area contributed by atoms with Gasteiger partial charge in [0.2, 0.25) is 0 Å². The molecule has 9 heteroatoms. The van der Waals surface area contributed by atoms with E-state index in [1.54, 1.807) is 30.6 Å². The lowest BCUT2D eigenvalue weighted by molar-refractivity contribution is 0.111. The molecule has 0 fully saturated rings. The van der Waals surface area contributed by atoms with Crippen molar-refractivity contribution in [3.8, 4) is 40.5 Å². The van der Waals surface area contributed by atoms with E-state index in [1.807, 2.05) is 55.5 Å². The summed E-state index contributed by atoms with van der Waals surface area (Å²) in [4.78, 5) is 19.8. The van der Waals surface area contributed by atoms with Gasteiger partial charge in [-0.15, -0.1) is 0 Å². The van der Waals surface area contributed by atoms with Crippen molar-refractivity contribution in [2.75, 3.05) is 0 Å². The fourth-order valence-corrected chi connectivity index (χ4v) is 4.75. The third-order valence-corrected chi connectivity index (χ3v) is 7.11. The highest BCUT2D eigenvalue weighted by molar-refractivity contribution is 6.32. The third-order valence-electron chi connectivity index (χ3n) is 6.81. The number of rotatable bonds is 11. The molecule has 5 aromatic rings. The van der Waals surface area contributed by atoms with Crippen LogP contribution in [0, 0.1) is 29.6 Å². The Morgan fingerprint density at radius 1 is 0.773 bits per heavy atom. The van der Waals surface area contributed by atoms with Crippen LogP contribution in [0.2, 0.25) is 5.02 Å². The number of ether oxygens (including phenoxy) is 3. The van der Waals surface area contributed by atoms with Crippen LogP contribution in [0.5, 0.6) is 17.2 Å². The molecule has 0 N–H and O–H groups in total. The Hall–Kier alpha value is -5.70. The van der Waals surface area contributed by atoms with Crippen LogP contribution in [0.1, 0.15) is 43.7 Å². The summed E-state index contributed by atoms with van der Waals surface area (Å²) < 4.78 is 18.0. The van der Waals surface area contributed by atoms with Crippen LogP contribution in [-0.4, -0.2) is 16.3 Å². The number of carbonyl (C=O) groups is 1. The number of hydrogen-bond donors (Lipinski definition) is 0. The molecule has 0 aliphatic heterocycles. The van der Waals surface area contributed by atoms with Gasteiger partial charge in [0, 0.05) is 42.0 Å². The predicted octanol–water partition coefficient (Wildman–Crippen LogP) is 7.40. The topological polar surface area (TPSA) is 118 Å². The van der Waals surface area contributed by atoms with Gasteiger partial charge in [0.25, 0.3) is 0 Å². The first kappa shape index (κ1) is 29.8. The van der Waals surface area contributed by atoms with Crippen molar-refractivity contribution in [2.24, 2.45) is 0 Å². The zero-order valence-corrected chi connectivity index (χ0v) is 24.4. The van der Waals surface area contributed by atoms with Gasteiger partial charge in [-0.2, -0.15) is 10.5 Å². The molecule has 44 heavy (non-hydrogen) atoms. The molecular weight excluding hydrogens is 576 g/mol. The molecule has 0 atom stereocenters. The highest BCUT2D eigenvalue weighted by Crippen LogP contribution is 2.34. The molecule has 2 heterocycles. The van der Waals surface area contributed by atoms with Crippen LogP contribution in [0.4, 0.5) is 0 Å². The number of carbonyl (C=O) groups excluding carboxylic acids is 1. The van der Waals surface area contributed by atoms with E-state index in [2.05, 4.69) is 16.0 Å². The molecule has 0 saturated heterocycles. The predicted molar refractivity (Wildman–Crippen MR) is 164 cm³/mol. The number of halogens is 1. The largest absolute Gasteiger partial charge is 0.489 e. The standard InChI is InChI=1S/C35H25ClN4O4/c1-23-29(5-3-7-32(23)28-4-2-6-31(10-28)42-20-26-8-24(13-37)15-39-17-26)22-44-35-12-34(30(19-41)11-33(35)36)43-21-27-9-25(14-38)16-40-18-27/h2-12,15-19H,20-22H2,1H3. The lowest BCUT2D eigenvalue weighted by Gasteiger charge is -2.16. The number of nitriles is 2. The molecule has 0 aliphatic carbocycles. The molecule has 0 bridgehead atoms. The van der Waals surface area contributed by atoms with Crippen LogP contribution < -0.4 is 14.2 Å². The third kappa shape index (κ3) is 7.19. The Balaban J connectivity index is 1.30. The molecule has 216 valence electrons. The van der Waals surface area contributed by atoms with Crippen LogP contribution in [-0.2, 0) is 19.8 Å². The normalized spacial score (nSPS) is 10.4. The van der Waals surface area contributed by atoms with Crippen LogP contribution in [0.3, 0.4) is 0 Å². The minimum absolute atomic E-state index is 0.109. The summed E-state index contributed by atoms with van der Waals surface area (Å²) in [6, 6.07) is 24.4. The second kappa shape index (κ2) is 14.0. The van der Waals surface area contributed by atoms with Crippen molar-refractivity contribution in [1.29, 1.82) is 10.5 Å². The summed E-state index contributed by atoms with van der Waals surface area (Å²) in [7, 11) is 0. The Kier molecular flexibility index (Phi) is 9.46. The molecule has 2 aromatic heterocycles. The van der Waals surface area contributed by atoms with E-state index in [0.717, 1.165) is 27.8 Å². The minimum atomic E-state index is 0.109. The van der Waals surface area contributed by atoms with E-state index >= 15 is 0 Å². The number of aromatic nitrogens is 2. The molecule has 0 amide bonds. The Bertz CT molecular complexity index is 1910. The summed E-state index contributed by atoms with van der Waals surface area (Å²) in [5.74, 6) is 1.36. The zero-order valence-electron chi connectivity index (χ0n) is 23.7. The molecule has 8 nitrogen and oxygen atoms in total. The monoisotopic (exact) mass is 600 g/mol. The van der Waals surface area contributed by atoms with E-state index in [1.165, 1.54) is 18.5 Å². The molecule has 0 spiro atoms. The Morgan fingerprint density at radius 2 is 1.43 bits per heavy atom. The summed E-state index contributed by atoms with van der Waals surface area (Å²) in [6.07, 6.45) is 6.92. The minimum Gasteiger partial charge on any atom is -0.489 e. The van der Waals surface area contributed by atoms with Crippen molar-refractivity contribution in [3.63, 3.8) is 0 Å². The summed E-state index contributed by atoms with van der Waals surface area (Å²) in [5.41, 5.74) is 6.64. The maximum Gasteiger partial charge on any atom is 0.153 e. The zero-order chi connectivity index (χ0) is 30.9. The van der Waals surface area contributed by atoms with Crippen molar-refractivity contribution < 1.29 is 19.0 Å². The van der Waals surface area contributed by atoms with Gasteiger partial charge < -0.3 is 14.2 Å². The second-order valence-corrected chi connectivity index (χ2v) is 10.2. The van der Waals surface area contributed by atoms with E-state index in [9.17, 15) is 4.79 Å².